The first-order valence-electron chi connectivity index (χ1n) is 7.56. The van der Waals surface area contributed by atoms with Crippen LogP contribution in [0.3, 0.4) is 0 Å². The first-order chi connectivity index (χ1) is 12.8. The fourth-order valence-corrected chi connectivity index (χ4v) is 2.18. The lowest BCUT2D eigenvalue weighted by Gasteiger charge is -2.13. The molecule has 1 N–H and O–H groups in total. The molecule has 9 heteroatoms. The van der Waals surface area contributed by atoms with Gasteiger partial charge in [0.2, 0.25) is 0 Å². The maximum Gasteiger partial charge on any atom is 0.435 e. The third-order valence-corrected chi connectivity index (χ3v) is 3.36. The number of amides is 1. The molecule has 0 saturated carbocycles. The van der Waals surface area contributed by atoms with Gasteiger partial charge in [0, 0.05) is 12.4 Å². The van der Waals surface area contributed by atoms with Gasteiger partial charge in [0.1, 0.15) is 11.6 Å². The van der Waals surface area contributed by atoms with E-state index in [0.29, 0.717) is 0 Å². The van der Waals surface area contributed by atoms with Crippen LogP contribution in [0.25, 0.3) is 0 Å². The van der Waals surface area contributed by atoms with Gasteiger partial charge < -0.3 is 10.1 Å². The molecule has 0 aliphatic heterocycles. The Morgan fingerprint density at radius 3 is 2.33 bits per heavy atom. The highest BCUT2D eigenvalue weighted by Crippen LogP contribution is 2.32. The van der Waals surface area contributed by atoms with Crippen LogP contribution in [0.5, 0.6) is 11.5 Å². The molecular formula is C18H11F4N3O2. The zero-order chi connectivity index (χ0) is 19.4. The standard InChI is InChI=1S/C18H11F4N3O2/c19-11-5-7-12(8-6-11)27-14-4-2-1-3-13(14)25-17(26)15-16(18(20,21)22)24-10-9-23-15/h1-10H,(H,25,26). The predicted octanol–water partition coefficient (Wildman–Crippen LogP) is 4.68. The number of hydrogen-bond acceptors (Lipinski definition) is 4. The monoisotopic (exact) mass is 377 g/mol. The smallest absolute Gasteiger partial charge is 0.435 e. The van der Waals surface area contributed by atoms with E-state index in [4.69, 9.17) is 4.74 Å². The molecule has 2 aromatic carbocycles. The van der Waals surface area contributed by atoms with E-state index in [-0.39, 0.29) is 17.2 Å². The third kappa shape index (κ3) is 4.38. The van der Waals surface area contributed by atoms with Crippen molar-refractivity contribution >= 4 is 11.6 Å². The van der Waals surface area contributed by atoms with Gasteiger partial charge in [0.25, 0.3) is 5.91 Å². The van der Waals surface area contributed by atoms with Crippen molar-refractivity contribution in [2.75, 3.05) is 5.32 Å². The van der Waals surface area contributed by atoms with Crippen molar-refractivity contribution in [1.82, 2.24) is 9.97 Å². The van der Waals surface area contributed by atoms with Crippen LogP contribution in [-0.4, -0.2) is 15.9 Å². The number of nitrogens with zero attached hydrogens (tertiary/aromatic N) is 2. The molecule has 5 nitrogen and oxygen atoms in total. The summed E-state index contributed by atoms with van der Waals surface area (Å²) in [6, 6.07) is 11.2. The molecule has 1 aromatic heterocycles. The van der Waals surface area contributed by atoms with Crippen LogP contribution in [0.2, 0.25) is 0 Å². The summed E-state index contributed by atoms with van der Waals surface area (Å²) >= 11 is 0. The number of aromatic nitrogens is 2. The highest BCUT2D eigenvalue weighted by molar-refractivity contribution is 6.04. The Bertz CT molecular complexity index is 959. The fourth-order valence-electron chi connectivity index (χ4n) is 2.18. The van der Waals surface area contributed by atoms with Gasteiger partial charge >= 0.3 is 6.18 Å². The molecule has 0 aliphatic rings. The molecule has 0 saturated heterocycles. The lowest BCUT2D eigenvalue weighted by molar-refractivity contribution is -0.141. The number of rotatable bonds is 4. The summed E-state index contributed by atoms with van der Waals surface area (Å²) in [5.74, 6) is -1.10. The number of nitrogens with one attached hydrogen (secondary N) is 1. The maximum atomic E-state index is 13.0. The minimum atomic E-state index is -4.83. The first kappa shape index (κ1) is 18.3. The average Bonchev–Trinajstić information content (AvgIpc) is 2.64. The first-order valence-corrected chi connectivity index (χ1v) is 7.56. The summed E-state index contributed by atoms with van der Waals surface area (Å²) in [6.45, 7) is 0. The maximum absolute atomic E-state index is 13.0. The normalized spacial score (nSPS) is 11.1. The summed E-state index contributed by atoms with van der Waals surface area (Å²) in [5, 5.41) is 2.33. The van der Waals surface area contributed by atoms with E-state index >= 15 is 0 Å². The number of benzene rings is 2. The molecule has 0 radical (unpaired) electrons. The Labute approximate surface area is 150 Å². The SMILES string of the molecule is O=C(Nc1ccccc1Oc1ccc(F)cc1)c1nccnc1C(F)(F)F. The summed E-state index contributed by atoms with van der Waals surface area (Å²) in [7, 11) is 0. The molecule has 27 heavy (non-hydrogen) atoms. The van der Waals surface area contributed by atoms with Gasteiger partial charge in [0.15, 0.2) is 17.1 Å². The van der Waals surface area contributed by atoms with Crippen molar-refractivity contribution in [3.8, 4) is 11.5 Å². The Kier molecular flexibility index (Phi) is 5.02. The van der Waals surface area contributed by atoms with E-state index in [1.165, 1.54) is 36.4 Å². The van der Waals surface area contributed by atoms with Gasteiger partial charge in [-0.15, -0.1) is 0 Å². The molecule has 3 aromatic rings. The molecule has 0 fully saturated rings. The molecule has 0 unspecified atom stereocenters. The van der Waals surface area contributed by atoms with Gasteiger partial charge in [-0.3, -0.25) is 4.79 Å². The summed E-state index contributed by atoms with van der Waals surface area (Å²) in [4.78, 5) is 19.0. The van der Waals surface area contributed by atoms with Gasteiger partial charge in [-0.25, -0.2) is 14.4 Å². The highest BCUT2D eigenvalue weighted by atomic mass is 19.4. The van der Waals surface area contributed by atoms with Crippen LogP contribution in [0, 0.1) is 5.82 Å². The van der Waals surface area contributed by atoms with E-state index < -0.39 is 29.3 Å². The van der Waals surface area contributed by atoms with Crippen molar-refractivity contribution in [1.29, 1.82) is 0 Å². The average molecular weight is 377 g/mol. The zero-order valence-electron chi connectivity index (χ0n) is 13.5. The van der Waals surface area contributed by atoms with Crippen LogP contribution >= 0.6 is 0 Å². The van der Waals surface area contributed by atoms with Crippen LogP contribution in [0.4, 0.5) is 23.2 Å². The van der Waals surface area contributed by atoms with Gasteiger partial charge in [-0.1, -0.05) is 12.1 Å². The fraction of sp³-hybridized carbons (Fsp3) is 0.0556. The summed E-state index contributed by atoms with van der Waals surface area (Å²) in [5.41, 5.74) is -2.13. The van der Waals surface area contributed by atoms with Gasteiger partial charge in [-0.2, -0.15) is 13.2 Å². The molecule has 0 bridgehead atoms. The third-order valence-electron chi connectivity index (χ3n) is 3.36. The predicted molar refractivity (Wildman–Crippen MR) is 87.9 cm³/mol. The van der Waals surface area contributed by atoms with E-state index in [0.717, 1.165) is 12.4 Å². The Morgan fingerprint density at radius 1 is 0.963 bits per heavy atom. The van der Waals surface area contributed by atoms with E-state index in [1.807, 2.05) is 0 Å². The molecule has 0 spiro atoms. The molecule has 138 valence electrons. The number of carbonyl (C=O) groups is 1. The molecule has 0 aliphatic carbocycles. The lowest BCUT2D eigenvalue weighted by Crippen LogP contribution is -2.22. The minimum absolute atomic E-state index is 0.116. The van der Waals surface area contributed by atoms with Crippen LogP contribution in [-0.2, 0) is 6.18 Å². The van der Waals surface area contributed by atoms with E-state index in [2.05, 4.69) is 15.3 Å². The number of ether oxygens (including phenoxy) is 1. The molecule has 3 rings (SSSR count). The Balaban J connectivity index is 1.87. The van der Waals surface area contributed by atoms with Gasteiger partial charge in [0.05, 0.1) is 5.69 Å². The summed E-state index contributed by atoms with van der Waals surface area (Å²) in [6.07, 6.45) is -2.98. The van der Waals surface area contributed by atoms with Gasteiger partial charge in [-0.05, 0) is 36.4 Å². The number of anilines is 1. The highest BCUT2D eigenvalue weighted by Gasteiger charge is 2.38. The molecule has 1 amide bonds. The number of hydrogen-bond donors (Lipinski definition) is 1. The van der Waals surface area contributed by atoms with Crippen molar-refractivity contribution < 1.29 is 27.1 Å². The number of para-hydroxylation sites is 2. The van der Waals surface area contributed by atoms with Crippen molar-refractivity contribution in [3.05, 3.63) is 78.1 Å². The Hall–Kier alpha value is -3.49. The lowest BCUT2D eigenvalue weighted by atomic mass is 10.2. The minimum Gasteiger partial charge on any atom is -0.455 e. The second-order valence-electron chi connectivity index (χ2n) is 5.26. The van der Waals surface area contributed by atoms with E-state index in [9.17, 15) is 22.4 Å². The van der Waals surface area contributed by atoms with Crippen molar-refractivity contribution in [2.45, 2.75) is 6.18 Å². The van der Waals surface area contributed by atoms with Crippen LogP contribution in [0.1, 0.15) is 16.2 Å². The number of alkyl halides is 3. The van der Waals surface area contributed by atoms with Crippen LogP contribution < -0.4 is 10.1 Å². The topological polar surface area (TPSA) is 64.1 Å². The van der Waals surface area contributed by atoms with Crippen molar-refractivity contribution in [2.24, 2.45) is 0 Å². The molecular weight excluding hydrogens is 366 g/mol. The largest absolute Gasteiger partial charge is 0.455 e. The number of halogens is 4. The number of carbonyl (C=O) groups excluding carboxylic acids is 1. The molecule has 0 atom stereocenters. The van der Waals surface area contributed by atoms with Crippen LogP contribution in [0.15, 0.2) is 60.9 Å². The van der Waals surface area contributed by atoms with E-state index in [1.54, 1.807) is 12.1 Å². The second kappa shape index (κ2) is 7.40. The zero-order valence-corrected chi connectivity index (χ0v) is 13.5. The molecule has 1 heterocycles. The Morgan fingerprint density at radius 2 is 1.63 bits per heavy atom. The second-order valence-corrected chi connectivity index (χ2v) is 5.26. The van der Waals surface area contributed by atoms with Crippen molar-refractivity contribution in [3.63, 3.8) is 0 Å². The summed E-state index contributed by atoms with van der Waals surface area (Å²) < 4.78 is 57.6. The quantitative estimate of drug-likeness (QED) is 0.671.